The van der Waals surface area contributed by atoms with Gasteiger partial charge in [-0.05, 0) is 62.7 Å². The number of fused-ring (bicyclic) bond motifs is 1. The van der Waals surface area contributed by atoms with Gasteiger partial charge in [0.15, 0.2) is 4.77 Å². The van der Waals surface area contributed by atoms with Crippen molar-refractivity contribution >= 4 is 45.4 Å². The minimum Gasteiger partial charge on any atom is -0.324 e. The second kappa shape index (κ2) is 7.17. The van der Waals surface area contributed by atoms with Crippen molar-refractivity contribution < 1.29 is 4.79 Å². The Balaban J connectivity index is 2.00. The first-order valence-corrected chi connectivity index (χ1v) is 9.69. The predicted molar refractivity (Wildman–Crippen MR) is 110 cm³/mol. The van der Waals surface area contributed by atoms with Gasteiger partial charge in [-0.3, -0.25) is 14.2 Å². The van der Waals surface area contributed by atoms with Gasteiger partial charge in [-0.2, -0.15) is 0 Å². The van der Waals surface area contributed by atoms with Crippen LogP contribution in [0.15, 0.2) is 29.1 Å². The van der Waals surface area contributed by atoms with Crippen molar-refractivity contribution in [2.24, 2.45) is 0 Å². The molecule has 2 N–H and O–H groups in total. The quantitative estimate of drug-likeness (QED) is 0.648. The van der Waals surface area contributed by atoms with Crippen LogP contribution < -0.4 is 10.9 Å². The molecule has 0 fully saturated rings. The lowest BCUT2D eigenvalue weighted by Gasteiger charge is -2.16. The first-order valence-electron chi connectivity index (χ1n) is 8.47. The summed E-state index contributed by atoms with van der Waals surface area (Å²) in [6.45, 7) is 7.62. The molecule has 0 aliphatic carbocycles. The Labute approximate surface area is 160 Å². The van der Waals surface area contributed by atoms with E-state index in [1.807, 2.05) is 45.0 Å². The summed E-state index contributed by atoms with van der Waals surface area (Å²) in [5.74, 6) is -0.273. The van der Waals surface area contributed by atoms with Gasteiger partial charge in [0.2, 0.25) is 5.91 Å². The molecule has 0 aliphatic heterocycles. The van der Waals surface area contributed by atoms with Crippen molar-refractivity contribution in [3.8, 4) is 0 Å². The Morgan fingerprint density at radius 3 is 2.77 bits per heavy atom. The molecule has 2 heterocycles. The zero-order valence-electron chi connectivity index (χ0n) is 15.2. The zero-order valence-corrected chi connectivity index (χ0v) is 16.8. The van der Waals surface area contributed by atoms with Gasteiger partial charge in [-0.15, -0.1) is 11.3 Å². The summed E-state index contributed by atoms with van der Waals surface area (Å²) in [7, 11) is 0. The van der Waals surface area contributed by atoms with E-state index in [1.165, 1.54) is 15.9 Å². The van der Waals surface area contributed by atoms with Crippen molar-refractivity contribution in [3.05, 3.63) is 55.4 Å². The molecule has 0 aliphatic rings. The number of benzene rings is 1. The van der Waals surface area contributed by atoms with Gasteiger partial charge in [0.25, 0.3) is 5.56 Å². The number of hydrogen-bond acceptors (Lipinski definition) is 4. The van der Waals surface area contributed by atoms with Crippen LogP contribution in [0.5, 0.6) is 0 Å². The van der Waals surface area contributed by atoms with Crippen LogP contribution in [0.1, 0.15) is 35.9 Å². The number of hydrogen-bond donors (Lipinski definition) is 2. The maximum Gasteiger partial charge on any atom is 0.263 e. The van der Waals surface area contributed by atoms with Crippen LogP contribution in [-0.2, 0) is 11.2 Å². The Kier molecular flexibility index (Phi) is 5.11. The molecule has 0 saturated heterocycles. The Morgan fingerprint density at radius 2 is 2.08 bits per heavy atom. The minimum absolute atomic E-state index is 0.233. The molecule has 0 saturated carbocycles. The van der Waals surface area contributed by atoms with E-state index < -0.39 is 6.04 Å². The third kappa shape index (κ3) is 3.37. The Morgan fingerprint density at radius 1 is 1.35 bits per heavy atom. The molecule has 1 amide bonds. The maximum absolute atomic E-state index is 12.9. The molecule has 0 radical (unpaired) electrons. The van der Waals surface area contributed by atoms with E-state index in [2.05, 4.69) is 10.3 Å². The van der Waals surface area contributed by atoms with Crippen molar-refractivity contribution in [1.29, 1.82) is 0 Å². The molecular weight excluding hydrogens is 366 g/mol. The first kappa shape index (κ1) is 18.5. The number of anilines is 1. The number of nitrogens with one attached hydrogen (secondary N) is 2. The van der Waals surface area contributed by atoms with Crippen LogP contribution in [0.25, 0.3) is 10.2 Å². The second-order valence-electron chi connectivity index (χ2n) is 6.40. The van der Waals surface area contributed by atoms with E-state index in [4.69, 9.17) is 12.2 Å². The average Bonchev–Trinajstić information content (AvgIpc) is 3.01. The van der Waals surface area contributed by atoms with Crippen LogP contribution in [0, 0.1) is 18.6 Å². The molecule has 5 nitrogen and oxygen atoms in total. The van der Waals surface area contributed by atoms with Crippen LogP contribution in [-0.4, -0.2) is 15.5 Å². The second-order valence-corrected chi connectivity index (χ2v) is 7.92. The summed E-state index contributed by atoms with van der Waals surface area (Å²) in [5, 5.41) is 3.49. The average molecular weight is 388 g/mol. The summed E-state index contributed by atoms with van der Waals surface area (Å²) in [6, 6.07) is 7.02. The molecular formula is C19H21N3O2S2. The fourth-order valence-corrected chi connectivity index (χ4v) is 4.22. The smallest absolute Gasteiger partial charge is 0.263 e. The lowest BCUT2D eigenvalue weighted by Crippen LogP contribution is -2.32. The molecule has 2 aromatic heterocycles. The standard InChI is InChI=1S/C19H21N3O2S2/c1-5-13-9-14-17(26-13)21-19(25)22(18(14)24)12(4)16(23)20-15-8-10(2)6-7-11(15)3/h6-9,12H,5H2,1-4H3,(H,20,23)(H,21,25). The summed E-state index contributed by atoms with van der Waals surface area (Å²) < 4.78 is 1.61. The van der Waals surface area contributed by atoms with Crippen molar-refractivity contribution in [2.45, 2.75) is 40.2 Å². The Bertz CT molecular complexity index is 1110. The van der Waals surface area contributed by atoms with E-state index in [1.54, 1.807) is 6.92 Å². The molecule has 1 unspecified atom stereocenters. The lowest BCUT2D eigenvalue weighted by atomic mass is 10.1. The van der Waals surface area contributed by atoms with Crippen molar-refractivity contribution in [1.82, 2.24) is 9.55 Å². The van der Waals surface area contributed by atoms with E-state index >= 15 is 0 Å². The number of aromatic amines is 1. The summed E-state index contributed by atoms with van der Waals surface area (Å²) in [4.78, 5) is 30.6. The largest absolute Gasteiger partial charge is 0.324 e. The highest BCUT2D eigenvalue weighted by atomic mass is 32.1. The van der Waals surface area contributed by atoms with Gasteiger partial charge in [-0.25, -0.2) is 0 Å². The first-order chi connectivity index (χ1) is 12.3. The van der Waals surface area contributed by atoms with Gasteiger partial charge < -0.3 is 10.3 Å². The highest BCUT2D eigenvalue weighted by molar-refractivity contribution is 7.71. The van der Waals surface area contributed by atoms with Gasteiger partial charge in [0.05, 0.1) is 5.39 Å². The van der Waals surface area contributed by atoms with Crippen LogP contribution in [0.4, 0.5) is 5.69 Å². The maximum atomic E-state index is 12.9. The third-order valence-corrected chi connectivity index (χ3v) is 5.93. The van der Waals surface area contributed by atoms with Gasteiger partial charge in [0, 0.05) is 10.6 Å². The number of aromatic nitrogens is 2. The van der Waals surface area contributed by atoms with Crippen LogP contribution >= 0.6 is 23.6 Å². The predicted octanol–water partition coefficient (Wildman–Crippen LogP) is 4.50. The summed E-state index contributed by atoms with van der Waals surface area (Å²) in [6.07, 6.45) is 0.849. The number of H-pyrrole nitrogens is 1. The highest BCUT2D eigenvalue weighted by Gasteiger charge is 2.20. The van der Waals surface area contributed by atoms with Crippen LogP contribution in [0.3, 0.4) is 0 Å². The molecule has 0 bridgehead atoms. The van der Waals surface area contributed by atoms with E-state index in [9.17, 15) is 9.59 Å². The molecule has 0 spiro atoms. The molecule has 3 aromatic rings. The summed E-state index contributed by atoms with van der Waals surface area (Å²) >= 11 is 6.88. The SMILES string of the molecule is CCc1cc2c(=O)n(C(C)C(=O)Nc3cc(C)ccc3C)c(=S)[nH]c2s1. The number of amides is 1. The molecule has 1 aromatic carbocycles. The molecule has 1 atom stereocenters. The topological polar surface area (TPSA) is 66.9 Å². The van der Waals surface area contributed by atoms with Crippen molar-refractivity contribution in [3.63, 3.8) is 0 Å². The molecule has 3 rings (SSSR count). The number of carbonyl (C=O) groups excluding carboxylic acids is 1. The van der Waals surface area contributed by atoms with E-state index in [0.29, 0.717) is 5.39 Å². The van der Waals surface area contributed by atoms with E-state index in [0.717, 1.165) is 32.9 Å². The fourth-order valence-electron chi connectivity index (χ4n) is 2.82. The number of carbonyl (C=O) groups is 1. The van der Waals surface area contributed by atoms with Crippen molar-refractivity contribution in [2.75, 3.05) is 5.32 Å². The van der Waals surface area contributed by atoms with E-state index in [-0.39, 0.29) is 16.2 Å². The number of aryl methyl sites for hydroxylation is 3. The molecule has 26 heavy (non-hydrogen) atoms. The lowest BCUT2D eigenvalue weighted by molar-refractivity contribution is -0.118. The van der Waals surface area contributed by atoms with Gasteiger partial charge in [-0.1, -0.05) is 19.1 Å². The highest BCUT2D eigenvalue weighted by Crippen LogP contribution is 2.23. The number of nitrogens with zero attached hydrogens (tertiary/aromatic N) is 1. The van der Waals surface area contributed by atoms with Gasteiger partial charge >= 0.3 is 0 Å². The minimum atomic E-state index is -0.722. The fraction of sp³-hybridized carbons (Fsp3) is 0.316. The van der Waals surface area contributed by atoms with Crippen LogP contribution in [0.2, 0.25) is 0 Å². The summed E-state index contributed by atoms with van der Waals surface area (Å²) in [5.41, 5.74) is 2.53. The monoisotopic (exact) mass is 387 g/mol. The molecule has 7 heteroatoms. The number of rotatable bonds is 4. The molecule has 136 valence electrons. The Hall–Kier alpha value is -2.25. The normalized spacial score (nSPS) is 12.3. The zero-order chi connectivity index (χ0) is 19.0. The van der Waals surface area contributed by atoms with Gasteiger partial charge in [0.1, 0.15) is 10.9 Å². The third-order valence-electron chi connectivity index (χ3n) is 4.44. The number of thiophene rings is 1.